The van der Waals surface area contributed by atoms with E-state index in [0.29, 0.717) is 6.07 Å². The van der Waals surface area contributed by atoms with Crippen molar-refractivity contribution < 1.29 is 17.2 Å². The highest BCUT2D eigenvalue weighted by Gasteiger charge is 2.41. The fourth-order valence-corrected chi connectivity index (χ4v) is 3.42. The second-order valence-electron chi connectivity index (χ2n) is 3.58. The number of rotatable bonds is 0. The lowest BCUT2D eigenvalue weighted by Crippen LogP contribution is -2.23. The molecule has 1 aromatic rings. The number of halogens is 2. The summed E-state index contributed by atoms with van der Waals surface area (Å²) in [6.07, 6.45) is 0. The zero-order valence-electron chi connectivity index (χ0n) is 7.87. The van der Waals surface area contributed by atoms with Crippen LogP contribution in [0.3, 0.4) is 0 Å². The molecule has 1 aromatic carbocycles. The smallest absolute Gasteiger partial charge is 0.183 e. The van der Waals surface area contributed by atoms with E-state index in [9.17, 15) is 17.2 Å². The van der Waals surface area contributed by atoms with Crippen molar-refractivity contribution in [1.29, 1.82) is 0 Å². The van der Waals surface area contributed by atoms with E-state index in [1.165, 1.54) is 6.92 Å². The molecule has 82 valence electrons. The van der Waals surface area contributed by atoms with Crippen LogP contribution in [-0.4, -0.2) is 13.7 Å². The van der Waals surface area contributed by atoms with Gasteiger partial charge in [-0.25, -0.2) is 17.2 Å². The van der Waals surface area contributed by atoms with Gasteiger partial charge in [-0.2, -0.15) is 0 Å². The van der Waals surface area contributed by atoms with Crippen molar-refractivity contribution in [2.45, 2.75) is 23.1 Å². The van der Waals surface area contributed by atoms with Gasteiger partial charge in [-0.05, 0) is 24.6 Å². The summed E-state index contributed by atoms with van der Waals surface area (Å²) in [6, 6.07) is 0.764. The maximum atomic E-state index is 12.9. The summed E-state index contributed by atoms with van der Waals surface area (Å²) in [6.45, 7) is 1.43. The molecule has 1 heterocycles. The van der Waals surface area contributed by atoms with Gasteiger partial charge in [0.2, 0.25) is 0 Å². The van der Waals surface area contributed by atoms with Crippen molar-refractivity contribution in [3.63, 3.8) is 0 Å². The number of hydrogen-bond acceptors (Lipinski definition) is 3. The van der Waals surface area contributed by atoms with Gasteiger partial charge in [-0.3, -0.25) is 0 Å². The molecule has 2 rings (SSSR count). The van der Waals surface area contributed by atoms with Gasteiger partial charge in [0.15, 0.2) is 21.5 Å². The first-order chi connectivity index (χ1) is 6.85. The van der Waals surface area contributed by atoms with Crippen molar-refractivity contribution in [2.24, 2.45) is 5.73 Å². The molecule has 15 heavy (non-hydrogen) atoms. The van der Waals surface area contributed by atoms with Crippen molar-refractivity contribution in [1.82, 2.24) is 0 Å². The molecule has 1 aliphatic heterocycles. The average molecular weight is 233 g/mol. The van der Waals surface area contributed by atoms with Crippen LogP contribution < -0.4 is 5.73 Å². The summed E-state index contributed by atoms with van der Waals surface area (Å²) in [5.74, 6) is -2.24. The average Bonchev–Trinajstić information content (AvgIpc) is 2.32. The van der Waals surface area contributed by atoms with Gasteiger partial charge in [-0.1, -0.05) is 0 Å². The third-order valence-corrected chi connectivity index (χ3v) is 4.95. The van der Waals surface area contributed by atoms with Crippen LogP contribution in [0.5, 0.6) is 0 Å². The highest BCUT2D eigenvalue weighted by Crippen LogP contribution is 2.38. The molecule has 0 saturated carbocycles. The zero-order chi connectivity index (χ0) is 11.4. The van der Waals surface area contributed by atoms with Crippen molar-refractivity contribution in [2.75, 3.05) is 0 Å². The molecule has 0 aromatic heterocycles. The van der Waals surface area contributed by atoms with Gasteiger partial charge in [0, 0.05) is 6.04 Å². The summed E-state index contributed by atoms with van der Waals surface area (Å²) in [5.41, 5.74) is 5.77. The fourth-order valence-electron chi connectivity index (χ4n) is 1.70. The Kier molecular flexibility index (Phi) is 2.09. The minimum atomic E-state index is -3.60. The van der Waals surface area contributed by atoms with Crippen molar-refractivity contribution in [3.8, 4) is 0 Å². The molecule has 6 heteroatoms. The van der Waals surface area contributed by atoms with Crippen LogP contribution in [0.4, 0.5) is 8.78 Å². The quantitative estimate of drug-likeness (QED) is 0.683. The zero-order valence-corrected chi connectivity index (χ0v) is 8.68. The van der Waals surface area contributed by atoms with E-state index in [4.69, 9.17) is 5.73 Å². The molecular formula is C9H9F2NO2S. The Hall–Kier alpha value is -1.01. The normalized spacial score (nSPS) is 27.7. The van der Waals surface area contributed by atoms with E-state index in [2.05, 4.69) is 0 Å². The molecule has 0 bridgehead atoms. The molecule has 1 aliphatic rings. The van der Waals surface area contributed by atoms with E-state index >= 15 is 0 Å². The van der Waals surface area contributed by atoms with Gasteiger partial charge < -0.3 is 5.73 Å². The Morgan fingerprint density at radius 2 is 1.80 bits per heavy atom. The number of benzene rings is 1. The Morgan fingerprint density at radius 1 is 1.27 bits per heavy atom. The van der Waals surface area contributed by atoms with Gasteiger partial charge in [0.25, 0.3) is 0 Å². The Morgan fingerprint density at radius 3 is 2.40 bits per heavy atom. The minimum absolute atomic E-state index is 0.154. The molecule has 0 aliphatic carbocycles. The third kappa shape index (κ3) is 1.28. The van der Waals surface area contributed by atoms with Crippen molar-refractivity contribution >= 4 is 9.84 Å². The van der Waals surface area contributed by atoms with Gasteiger partial charge >= 0.3 is 0 Å². The van der Waals surface area contributed by atoms with Crippen LogP contribution in [-0.2, 0) is 9.84 Å². The largest absolute Gasteiger partial charge is 0.323 e. The van der Waals surface area contributed by atoms with Gasteiger partial charge in [0.1, 0.15) is 0 Å². The molecule has 2 atom stereocenters. The van der Waals surface area contributed by atoms with E-state index in [-0.39, 0.29) is 10.5 Å². The molecule has 0 spiro atoms. The van der Waals surface area contributed by atoms with Crippen LogP contribution >= 0.6 is 0 Å². The fraction of sp³-hybridized carbons (Fsp3) is 0.333. The summed E-state index contributed by atoms with van der Waals surface area (Å²) in [4.78, 5) is -0.193. The highest BCUT2D eigenvalue weighted by molar-refractivity contribution is 7.92. The van der Waals surface area contributed by atoms with Crippen LogP contribution in [0.15, 0.2) is 17.0 Å². The minimum Gasteiger partial charge on any atom is -0.323 e. The van der Waals surface area contributed by atoms with Gasteiger partial charge in [-0.15, -0.1) is 0 Å². The first kappa shape index (κ1) is 10.5. The predicted molar refractivity (Wildman–Crippen MR) is 49.9 cm³/mol. The van der Waals surface area contributed by atoms with E-state index < -0.39 is 32.8 Å². The first-order valence-electron chi connectivity index (χ1n) is 4.34. The second-order valence-corrected chi connectivity index (χ2v) is 5.85. The monoisotopic (exact) mass is 233 g/mol. The number of sulfone groups is 1. The SMILES string of the molecule is CC1C(N)c2cc(F)c(F)cc2S1(=O)=O. The van der Waals surface area contributed by atoms with Crippen molar-refractivity contribution in [3.05, 3.63) is 29.3 Å². The molecule has 3 nitrogen and oxygen atoms in total. The molecular weight excluding hydrogens is 224 g/mol. The lowest BCUT2D eigenvalue weighted by atomic mass is 10.1. The Balaban J connectivity index is 2.79. The summed E-state index contributed by atoms with van der Waals surface area (Å²) >= 11 is 0. The molecule has 2 unspecified atom stereocenters. The van der Waals surface area contributed by atoms with E-state index in [0.717, 1.165) is 6.07 Å². The predicted octanol–water partition coefficient (Wildman–Crippen LogP) is 1.14. The van der Waals surface area contributed by atoms with E-state index in [1.807, 2.05) is 0 Å². The molecule has 0 saturated heterocycles. The molecule has 0 radical (unpaired) electrons. The van der Waals surface area contributed by atoms with Gasteiger partial charge in [0.05, 0.1) is 10.1 Å². The standard InChI is InChI=1S/C9H9F2NO2S/c1-4-9(12)5-2-6(10)7(11)3-8(5)15(4,13)14/h2-4,9H,12H2,1H3. The maximum Gasteiger partial charge on any atom is 0.183 e. The second kappa shape index (κ2) is 2.99. The summed E-state index contributed by atoms with van der Waals surface area (Å²) in [7, 11) is -3.60. The lowest BCUT2D eigenvalue weighted by molar-refractivity contribution is 0.502. The van der Waals surface area contributed by atoms with Crippen LogP contribution in [0.25, 0.3) is 0 Å². The highest BCUT2D eigenvalue weighted by atomic mass is 32.2. The van der Waals surface area contributed by atoms with Crippen LogP contribution in [0, 0.1) is 11.6 Å². The van der Waals surface area contributed by atoms with Crippen LogP contribution in [0.1, 0.15) is 18.5 Å². The maximum absolute atomic E-state index is 12.9. The van der Waals surface area contributed by atoms with Crippen LogP contribution in [0.2, 0.25) is 0 Å². The van der Waals surface area contributed by atoms with E-state index in [1.54, 1.807) is 0 Å². The lowest BCUT2D eigenvalue weighted by Gasteiger charge is -2.07. The molecule has 2 N–H and O–H groups in total. The summed E-state index contributed by atoms with van der Waals surface area (Å²) in [5, 5.41) is -0.839. The number of hydrogen-bond donors (Lipinski definition) is 1. The number of nitrogens with two attached hydrogens (primary N) is 1. The molecule has 0 fully saturated rings. The Labute approximate surface area is 85.8 Å². The first-order valence-corrected chi connectivity index (χ1v) is 5.88. The molecule has 0 amide bonds. The number of fused-ring (bicyclic) bond motifs is 1. The topological polar surface area (TPSA) is 60.2 Å². The Bertz CT molecular complexity index is 527. The third-order valence-electron chi connectivity index (χ3n) is 2.71. The summed E-state index contributed by atoms with van der Waals surface area (Å²) < 4.78 is 49.2.